The van der Waals surface area contributed by atoms with E-state index in [-0.39, 0.29) is 12.5 Å². The number of ether oxygens (including phenoxy) is 2. The number of amides is 1. The van der Waals surface area contributed by atoms with Crippen LogP contribution < -0.4 is 10.2 Å². The van der Waals surface area contributed by atoms with Crippen molar-refractivity contribution in [2.24, 2.45) is 7.05 Å². The maximum absolute atomic E-state index is 12.0. The first kappa shape index (κ1) is 12.6. The van der Waals surface area contributed by atoms with Crippen molar-refractivity contribution in [3.05, 3.63) is 12.4 Å². The van der Waals surface area contributed by atoms with E-state index in [1.165, 1.54) is 0 Å². The van der Waals surface area contributed by atoms with Gasteiger partial charge in [0.2, 0.25) is 0 Å². The van der Waals surface area contributed by atoms with Crippen molar-refractivity contribution in [1.29, 1.82) is 0 Å². The molecule has 1 N–H and O–H groups in total. The van der Waals surface area contributed by atoms with Crippen LogP contribution in [0.2, 0.25) is 0 Å². The molecule has 2 aliphatic rings. The maximum atomic E-state index is 12.0. The summed E-state index contributed by atoms with van der Waals surface area (Å²) in [5.41, 5.74) is 0.347. The number of carbonyl (C=O) groups excluding carboxylic acids is 1. The van der Waals surface area contributed by atoms with Gasteiger partial charge in [-0.3, -0.25) is 9.48 Å². The fourth-order valence-corrected chi connectivity index (χ4v) is 2.46. The summed E-state index contributed by atoms with van der Waals surface area (Å²) >= 11 is 0. The Labute approximate surface area is 111 Å². The summed E-state index contributed by atoms with van der Waals surface area (Å²) in [7, 11) is 1.83. The van der Waals surface area contributed by atoms with Gasteiger partial charge in [-0.2, -0.15) is 5.10 Å². The lowest BCUT2D eigenvalue weighted by molar-refractivity contribution is -0.144. The molecule has 104 valence electrons. The fraction of sp³-hybridized carbons (Fsp3) is 0.667. The summed E-state index contributed by atoms with van der Waals surface area (Å²) in [6.45, 7) is 3.25. The number of morpholine rings is 1. The lowest BCUT2D eigenvalue weighted by atomic mass is 10.0. The molecule has 1 aromatic heterocycles. The monoisotopic (exact) mass is 266 g/mol. The summed E-state index contributed by atoms with van der Waals surface area (Å²) < 4.78 is 13.0. The number of anilines is 1. The number of aromatic nitrogens is 2. The van der Waals surface area contributed by atoms with Crippen LogP contribution in [-0.4, -0.2) is 60.7 Å². The molecule has 0 unspecified atom stereocenters. The van der Waals surface area contributed by atoms with Crippen LogP contribution in [0.1, 0.15) is 0 Å². The first-order valence-electron chi connectivity index (χ1n) is 6.40. The number of aryl methyl sites for hydroxylation is 1. The normalized spacial score (nSPS) is 28.7. The van der Waals surface area contributed by atoms with E-state index < -0.39 is 5.60 Å². The molecule has 0 bridgehead atoms. The molecule has 0 saturated carbocycles. The van der Waals surface area contributed by atoms with Crippen LogP contribution in [-0.2, 0) is 21.3 Å². The van der Waals surface area contributed by atoms with E-state index in [1.807, 2.05) is 13.2 Å². The zero-order valence-corrected chi connectivity index (χ0v) is 11.0. The van der Waals surface area contributed by atoms with Gasteiger partial charge in [0.15, 0.2) is 0 Å². The summed E-state index contributed by atoms with van der Waals surface area (Å²) in [6, 6.07) is 0. The van der Waals surface area contributed by atoms with Gasteiger partial charge in [-0.05, 0) is 0 Å². The van der Waals surface area contributed by atoms with Gasteiger partial charge in [0, 0.05) is 26.3 Å². The predicted molar refractivity (Wildman–Crippen MR) is 67.9 cm³/mol. The Kier molecular flexibility index (Phi) is 3.26. The van der Waals surface area contributed by atoms with Gasteiger partial charge < -0.3 is 19.7 Å². The first-order valence-corrected chi connectivity index (χ1v) is 6.40. The highest BCUT2D eigenvalue weighted by Crippen LogP contribution is 2.24. The largest absolute Gasteiger partial charge is 0.377 e. The highest BCUT2D eigenvalue weighted by Gasteiger charge is 2.41. The molecule has 7 nitrogen and oxygen atoms in total. The Balaban J connectivity index is 1.81. The second kappa shape index (κ2) is 4.92. The highest BCUT2D eigenvalue weighted by molar-refractivity contribution is 5.94. The number of nitrogens with one attached hydrogen (secondary N) is 1. The molecule has 19 heavy (non-hydrogen) atoms. The molecule has 0 aromatic carbocycles. The third-order valence-corrected chi connectivity index (χ3v) is 3.49. The molecular formula is C12H18N4O3. The van der Waals surface area contributed by atoms with Crippen LogP contribution in [0, 0.1) is 0 Å². The molecule has 1 amide bonds. The molecule has 7 heteroatoms. The van der Waals surface area contributed by atoms with E-state index in [1.54, 1.807) is 15.8 Å². The minimum Gasteiger partial charge on any atom is -0.377 e. The molecule has 0 aliphatic carbocycles. The number of rotatable bonds is 1. The summed E-state index contributed by atoms with van der Waals surface area (Å²) in [6.07, 6.45) is 3.53. The smallest absolute Gasteiger partial charge is 0.253 e. The van der Waals surface area contributed by atoms with Crippen molar-refractivity contribution in [2.75, 3.05) is 44.4 Å². The Morgan fingerprint density at radius 1 is 1.53 bits per heavy atom. The van der Waals surface area contributed by atoms with Gasteiger partial charge in [-0.1, -0.05) is 0 Å². The van der Waals surface area contributed by atoms with Crippen LogP contribution >= 0.6 is 0 Å². The van der Waals surface area contributed by atoms with Crippen LogP contribution in [0.5, 0.6) is 0 Å². The standard InChI is InChI=1S/C12H18N4O3/c1-15-5-10(4-14-15)16-8-12(19-6-11(16)17)7-13-2-3-18-9-12/h4-5,13H,2-3,6-9H2,1H3/t12-/m1/s1. The molecule has 2 saturated heterocycles. The molecule has 3 rings (SSSR count). The van der Waals surface area contributed by atoms with Crippen molar-refractivity contribution in [2.45, 2.75) is 5.60 Å². The highest BCUT2D eigenvalue weighted by atomic mass is 16.5. The van der Waals surface area contributed by atoms with E-state index in [0.717, 1.165) is 12.2 Å². The van der Waals surface area contributed by atoms with Crippen LogP contribution in [0.25, 0.3) is 0 Å². The van der Waals surface area contributed by atoms with E-state index in [2.05, 4.69) is 10.4 Å². The van der Waals surface area contributed by atoms with E-state index in [9.17, 15) is 4.79 Å². The molecule has 2 fully saturated rings. The number of hydrogen-bond donors (Lipinski definition) is 1. The molecular weight excluding hydrogens is 248 g/mol. The minimum atomic E-state index is -0.458. The van der Waals surface area contributed by atoms with Gasteiger partial charge in [0.1, 0.15) is 12.2 Å². The van der Waals surface area contributed by atoms with Gasteiger partial charge in [0.25, 0.3) is 5.91 Å². The summed E-state index contributed by atoms with van der Waals surface area (Å²) in [5.74, 6) is -0.0390. The Hall–Kier alpha value is -1.44. The first-order chi connectivity index (χ1) is 9.19. The summed E-state index contributed by atoms with van der Waals surface area (Å²) in [5, 5.41) is 7.40. The second-order valence-electron chi connectivity index (χ2n) is 5.05. The molecule has 3 heterocycles. The third-order valence-electron chi connectivity index (χ3n) is 3.49. The average Bonchev–Trinajstić information content (AvgIpc) is 2.71. The van der Waals surface area contributed by atoms with Crippen LogP contribution in [0.3, 0.4) is 0 Å². The lowest BCUT2D eigenvalue weighted by Gasteiger charge is -2.40. The lowest BCUT2D eigenvalue weighted by Crippen LogP contribution is -2.60. The second-order valence-corrected chi connectivity index (χ2v) is 5.05. The third kappa shape index (κ3) is 2.49. The molecule has 1 aromatic rings. The van der Waals surface area contributed by atoms with Crippen molar-refractivity contribution >= 4 is 11.6 Å². The SMILES string of the molecule is Cn1cc(N2C[C@@]3(CNCCOC3)OCC2=O)cn1. The zero-order valence-electron chi connectivity index (χ0n) is 11.0. The number of carbonyl (C=O) groups is 1. The fourth-order valence-electron chi connectivity index (χ4n) is 2.46. The van der Waals surface area contributed by atoms with E-state index in [4.69, 9.17) is 9.47 Å². The average molecular weight is 266 g/mol. The quantitative estimate of drug-likeness (QED) is 0.716. The Morgan fingerprint density at radius 2 is 2.42 bits per heavy atom. The zero-order chi connectivity index (χ0) is 13.3. The number of nitrogens with zero attached hydrogens (tertiary/aromatic N) is 3. The predicted octanol–water partition coefficient (Wildman–Crippen LogP) is -0.858. The molecule has 0 radical (unpaired) electrons. The van der Waals surface area contributed by atoms with Crippen LogP contribution in [0.15, 0.2) is 12.4 Å². The van der Waals surface area contributed by atoms with Gasteiger partial charge in [0.05, 0.1) is 31.6 Å². The summed E-state index contributed by atoms with van der Waals surface area (Å²) in [4.78, 5) is 13.7. The van der Waals surface area contributed by atoms with Crippen molar-refractivity contribution in [3.63, 3.8) is 0 Å². The maximum Gasteiger partial charge on any atom is 0.253 e. The molecule has 1 spiro atoms. The Morgan fingerprint density at radius 3 is 3.21 bits per heavy atom. The topological polar surface area (TPSA) is 68.6 Å². The van der Waals surface area contributed by atoms with Gasteiger partial charge in [-0.25, -0.2) is 0 Å². The molecule has 1 atom stereocenters. The van der Waals surface area contributed by atoms with Crippen molar-refractivity contribution in [3.8, 4) is 0 Å². The van der Waals surface area contributed by atoms with Gasteiger partial charge in [-0.15, -0.1) is 0 Å². The Bertz CT molecular complexity index is 465. The number of hydrogen-bond acceptors (Lipinski definition) is 5. The van der Waals surface area contributed by atoms with E-state index >= 15 is 0 Å². The van der Waals surface area contributed by atoms with Crippen molar-refractivity contribution in [1.82, 2.24) is 15.1 Å². The molecule has 2 aliphatic heterocycles. The van der Waals surface area contributed by atoms with E-state index in [0.29, 0.717) is 26.3 Å². The minimum absolute atomic E-state index is 0.0390. The van der Waals surface area contributed by atoms with Crippen molar-refractivity contribution < 1.29 is 14.3 Å². The van der Waals surface area contributed by atoms with Crippen LogP contribution in [0.4, 0.5) is 5.69 Å². The van der Waals surface area contributed by atoms with Gasteiger partial charge >= 0.3 is 0 Å².